The normalized spacial score (nSPS) is 11.0. The number of thiophene rings is 1. The van der Waals surface area contributed by atoms with Crippen LogP contribution in [0.4, 0.5) is 4.79 Å². The summed E-state index contributed by atoms with van der Waals surface area (Å²) in [5.41, 5.74) is 0.314. The van der Waals surface area contributed by atoms with E-state index in [1.165, 1.54) is 32.0 Å². The molecule has 3 amide bonds. The predicted octanol–water partition coefficient (Wildman–Crippen LogP) is 2.72. The Balaban J connectivity index is 2.09. The molecular formula is C17H20ClN3O5S3. The first kappa shape index (κ1) is 23.3. The fourth-order valence-corrected chi connectivity index (χ4v) is 6.38. The molecular weight excluding hydrogens is 458 g/mol. The second-order valence-electron chi connectivity index (χ2n) is 5.60. The Hall–Kier alpha value is -1.95. The molecule has 2 rings (SSSR count). The zero-order valence-corrected chi connectivity index (χ0v) is 19.1. The molecule has 0 aliphatic rings. The third-order valence-corrected chi connectivity index (χ3v) is 8.01. The molecule has 0 atom stereocenters. The standard InChI is InChI=1S/C17H20ClN3O5S3/c1-19-17(23)21-29(24,25)16-14(27-3)9-11(28-16)6-7-20-15(22)12-8-10(18)4-5-13(12)26-2/h4-5,8-9H,6-7H2,1-3H3,(H,20,22)(H2,19,21,23). The highest BCUT2D eigenvalue weighted by molar-refractivity contribution is 8.00. The third kappa shape index (κ3) is 6.01. The summed E-state index contributed by atoms with van der Waals surface area (Å²) in [5, 5.41) is 5.40. The van der Waals surface area contributed by atoms with Crippen molar-refractivity contribution in [3.05, 3.63) is 39.7 Å². The third-order valence-electron chi connectivity index (χ3n) is 3.70. The Morgan fingerprint density at radius 2 is 2.00 bits per heavy atom. The van der Waals surface area contributed by atoms with Gasteiger partial charge in [0.15, 0.2) is 4.21 Å². The average molecular weight is 478 g/mol. The maximum Gasteiger partial charge on any atom is 0.328 e. The monoisotopic (exact) mass is 477 g/mol. The van der Waals surface area contributed by atoms with Crippen LogP contribution in [0.25, 0.3) is 0 Å². The number of halogens is 1. The Bertz CT molecular complexity index is 1010. The summed E-state index contributed by atoms with van der Waals surface area (Å²) in [5.74, 6) is 0.0569. The summed E-state index contributed by atoms with van der Waals surface area (Å²) < 4.78 is 32.0. The second-order valence-corrected chi connectivity index (χ2v) is 9.90. The van der Waals surface area contributed by atoms with E-state index in [1.807, 2.05) is 4.72 Å². The van der Waals surface area contributed by atoms with E-state index in [2.05, 4.69) is 10.6 Å². The summed E-state index contributed by atoms with van der Waals surface area (Å²) in [6, 6.07) is 5.68. The van der Waals surface area contributed by atoms with E-state index >= 15 is 0 Å². The lowest BCUT2D eigenvalue weighted by Crippen LogP contribution is -2.37. The summed E-state index contributed by atoms with van der Waals surface area (Å²) in [7, 11) is -1.18. The fourth-order valence-electron chi connectivity index (χ4n) is 2.33. The van der Waals surface area contributed by atoms with Gasteiger partial charge in [0.25, 0.3) is 15.9 Å². The van der Waals surface area contributed by atoms with Gasteiger partial charge >= 0.3 is 6.03 Å². The van der Waals surface area contributed by atoms with Crippen LogP contribution >= 0.6 is 34.7 Å². The van der Waals surface area contributed by atoms with Crippen molar-refractivity contribution in [2.24, 2.45) is 0 Å². The smallest absolute Gasteiger partial charge is 0.328 e. The number of hydrogen-bond acceptors (Lipinski definition) is 7. The van der Waals surface area contributed by atoms with E-state index < -0.39 is 16.1 Å². The highest BCUT2D eigenvalue weighted by Crippen LogP contribution is 2.33. The molecule has 8 nitrogen and oxygen atoms in total. The van der Waals surface area contributed by atoms with Crippen molar-refractivity contribution in [1.29, 1.82) is 0 Å². The number of methoxy groups -OCH3 is 1. The molecule has 3 N–H and O–H groups in total. The lowest BCUT2D eigenvalue weighted by molar-refractivity contribution is 0.0951. The van der Waals surface area contributed by atoms with Gasteiger partial charge in [0.05, 0.1) is 12.7 Å². The van der Waals surface area contributed by atoms with Gasteiger partial charge in [-0.15, -0.1) is 23.1 Å². The first-order chi connectivity index (χ1) is 13.7. The molecule has 0 radical (unpaired) electrons. The number of nitrogens with one attached hydrogen (secondary N) is 3. The summed E-state index contributed by atoms with van der Waals surface area (Å²) in [6.45, 7) is 0.283. The number of hydrogen-bond donors (Lipinski definition) is 3. The van der Waals surface area contributed by atoms with Gasteiger partial charge in [-0.2, -0.15) is 0 Å². The molecule has 1 heterocycles. The number of carbonyl (C=O) groups excluding carboxylic acids is 2. The maximum atomic E-state index is 12.4. The highest BCUT2D eigenvalue weighted by Gasteiger charge is 2.24. The van der Waals surface area contributed by atoms with Crippen LogP contribution in [0.5, 0.6) is 5.75 Å². The van der Waals surface area contributed by atoms with E-state index in [4.69, 9.17) is 16.3 Å². The lowest BCUT2D eigenvalue weighted by Gasteiger charge is -2.09. The second kappa shape index (κ2) is 10.2. The summed E-state index contributed by atoms with van der Waals surface area (Å²) in [4.78, 5) is 25.1. The number of benzene rings is 1. The van der Waals surface area contributed by atoms with Crippen LogP contribution in [0.3, 0.4) is 0 Å². The Morgan fingerprint density at radius 3 is 2.62 bits per heavy atom. The van der Waals surface area contributed by atoms with Gasteiger partial charge in [0.1, 0.15) is 5.75 Å². The van der Waals surface area contributed by atoms with Crippen molar-refractivity contribution >= 4 is 56.7 Å². The molecule has 0 saturated heterocycles. The van der Waals surface area contributed by atoms with Crippen LogP contribution in [0, 0.1) is 0 Å². The van der Waals surface area contributed by atoms with Crippen molar-refractivity contribution in [3.63, 3.8) is 0 Å². The molecule has 0 saturated carbocycles. The molecule has 2 aromatic rings. The van der Waals surface area contributed by atoms with Gasteiger partial charge in [0.2, 0.25) is 0 Å². The molecule has 158 valence electrons. The Labute approximate surface area is 182 Å². The predicted molar refractivity (Wildman–Crippen MR) is 115 cm³/mol. The molecule has 12 heteroatoms. The van der Waals surface area contributed by atoms with Crippen molar-refractivity contribution < 1.29 is 22.7 Å². The first-order valence-electron chi connectivity index (χ1n) is 8.24. The van der Waals surface area contributed by atoms with Crippen LogP contribution in [-0.2, 0) is 16.4 Å². The number of amides is 3. The van der Waals surface area contributed by atoms with Crippen molar-refractivity contribution in [2.75, 3.05) is 27.0 Å². The fraction of sp³-hybridized carbons (Fsp3) is 0.294. The number of urea groups is 1. The van der Waals surface area contributed by atoms with Crippen molar-refractivity contribution in [1.82, 2.24) is 15.4 Å². The molecule has 0 aliphatic carbocycles. The van der Waals surface area contributed by atoms with Crippen LogP contribution in [0.2, 0.25) is 5.02 Å². The number of ether oxygens (including phenoxy) is 1. The van der Waals surface area contributed by atoms with Crippen LogP contribution in [0.1, 0.15) is 15.2 Å². The minimum Gasteiger partial charge on any atom is -0.496 e. The average Bonchev–Trinajstić information content (AvgIpc) is 3.11. The number of carbonyl (C=O) groups is 2. The largest absolute Gasteiger partial charge is 0.496 e. The Kier molecular flexibility index (Phi) is 8.20. The number of thioether (sulfide) groups is 1. The highest BCUT2D eigenvalue weighted by atomic mass is 35.5. The van der Waals surface area contributed by atoms with E-state index in [-0.39, 0.29) is 16.7 Å². The molecule has 0 fully saturated rings. The van der Waals surface area contributed by atoms with E-state index in [0.29, 0.717) is 27.7 Å². The SMILES string of the molecule is CNC(=O)NS(=O)(=O)c1sc(CCNC(=O)c2cc(Cl)ccc2OC)cc1SC. The number of rotatable bonds is 8. The first-order valence-corrected chi connectivity index (χ1v) is 12.1. The summed E-state index contributed by atoms with van der Waals surface area (Å²) in [6.07, 6.45) is 2.17. The molecule has 0 unspecified atom stereocenters. The van der Waals surface area contributed by atoms with Crippen LogP contribution in [0.15, 0.2) is 33.4 Å². The van der Waals surface area contributed by atoms with Crippen LogP contribution < -0.4 is 20.1 Å². The minimum atomic E-state index is -3.97. The van der Waals surface area contributed by atoms with E-state index in [1.54, 1.807) is 24.5 Å². The van der Waals surface area contributed by atoms with Gasteiger partial charge < -0.3 is 15.4 Å². The molecule has 0 bridgehead atoms. The van der Waals surface area contributed by atoms with Crippen LogP contribution in [-0.4, -0.2) is 47.3 Å². The quantitative estimate of drug-likeness (QED) is 0.504. The van der Waals surface area contributed by atoms with Crippen molar-refractivity contribution in [3.8, 4) is 5.75 Å². The lowest BCUT2D eigenvalue weighted by atomic mass is 10.2. The maximum absolute atomic E-state index is 12.4. The van der Waals surface area contributed by atoms with Gasteiger partial charge in [-0.3, -0.25) is 4.79 Å². The molecule has 0 spiro atoms. The van der Waals surface area contributed by atoms with Gasteiger partial charge in [-0.05, 0) is 36.9 Å². The topological polar surface area (TPSA) is 114 Å². The molecule has 0 aliphatic heterocycles. The number of sulfonamides is 1. The van der Waals surface area contributed by atoms with Crippen molar-refractivity contribution in [2.45, 2.75) is 15.5 Å². The molecule has 1 aromatic carbocycles. The zero-order valence-electron chi connectivity index (χ0n) is 15.9. The van der Waals surface area contributed by atoms with E-state index in [9.17, 15) is 18.0 Å². The Morgan fingerprint density at radius 1 is 1.28 bits per heavy atom. The molecule has 29 heavy (non-hydrogen) atoms. The van der Waals surface area contributed by atoms with Gasteiger partial charge in [-0.1, -0.05) is 11.6 Å². The van der Waals surface area contributed by atoms with E-state index in [0.717, 1.165) is 16.2 Å². The minimum absolute atomic E-state index is 0.0615. The van der Waals surface area contributed by atoms with Gasteiger partial charge in [0, 0.05) is 28.4 Å². The summed E-state index contributed by atoms with van der Waals surface area (Å²) >= 11 is 8.26. The molecule has 1 aromatic heterocycles. The zero-order chi connectivity index (χ0) is 21.6. The van der Waals surface area contributed by atoms with Gasteiger partial charge in [-0.25, -0.2) is 17.9 Å².